The number of hydrogen-bond donors (Lipinski definition) is 0. The van der Waals surface area contributed by atoms with Gasteiger partial charge in [0.05, 0.1) is 13.0 Å². The highest BCUT2D eigenvalue weighted by atomic mass is 36.2. The summed E-state index contributed by atoms with van der Waals surface area (Å²) >= 11 is 0. The summed E-state index contributed by atoms with van der Waals surface area (Å²) in [5.74, 6) is -0.434. The molecule has 0 aliphatic carbocycles. The minimum atomic E-state index is -2.16. The fourth-order valence-electron chi connectivity index (χ4n) is 0.553. The van der Waals surface area contributed by atoms with E-state index in [2.05, 4.69) is 4.74 Å². The Kier molecular flexibility index (Phi) is 4.94. The standard InChI is InChI=1S/C5H9Cl3O2S/c1-4(5(9)10-2)3-11(6,7)8/h4H,3H2,1-2H3. The molecule has 6 heteroatoms. The van der Waals surface area contributed by atoms with Gasteiger partial charge in [0, 0.05) is 5.75 Å². The average Bonchev–Trinajstić information content (AvgIpc) is 1.82. The minimum Gasteiger partial charge on any atom is -0.469 e. The van der Waals surface area contributed by atoms with E-state index in [0.717, 1.165) is 0 Å². The molecule has 0 aromatic carbocycles. The molecule has 0 amide bonds. The number of carbonyl (C=O) groups excluding carboxylic acids is 1. The molecule has 2 nitrogen and oxygen atoms in total. The molecular weight excluding hydrogens is 230 g/mol. The molecule has 0 bridgehead atoms. The molecule has 0 heterocycles. The molecule has 0 saturated carbocycles. The van der Waals surface area contributed by atoms with E-state index in [1.165, 1.54) is 7.11 Å². The average molecular weight is 240 g/mol. The smallest absolute Gasteiger partial charge is 0.309 e. The van der Waals surface area contributed by atoms with Crippen LogP contribution in [0.1, 0.15) is 6.92 Å². The van der Waals surface area contributed by atoms with Crippen LogP contribution in [0.25, 0.3) is 0 Å². The Morgan fingerprint density at radius 2 is 2.00 bits per heavy atom. The number of halogens is 3. The molecule has 11 heavy (non-hydrogen) atoms. The van der Waals surface area contributed by atoms with Gasteiger partial charge in [-0.05, 0) is 39.7 Å². The van der Waals surface area contributed by atoms with Crippen molar-refractivity contribution >= 4 is 45.7 Å². The van der Waals surface area contributed by atoms with Crippen LogP contribution in [0.15, 0.2) is 0 Å². The molecule has 1 unspecified atom stereocenters. The molecule has 1 atom stereocenters. The van der Waals surface area contributed by atoms with Crippen molar-refractivity contribution in [3.05, 3.63) is 0 Å². The van der Waals surface area contributed by atoms with Crippen LogP contribution in [-0.2, 0) is 9.53 Å². The lowest BCUT2D eigenvalue weighted by atomic mass is 10.2. The van der Waals surface area contributed by atoms with Gasteiger partial charge in [-0.3, -0.25) is 4.79 Å². The quantitative estimate of drug-likeness (QED) is 0.708. The van der Waals surface area contributed by atoms with E-state index in [1.54, 1.807) is 6.92 Å². The summed E-state index contributed by atoms with van der Waals surface area (Å²) in [5, 5.41) is 0. The first-order chi connectivity index (χ1) is 4.87. The maximum absolute atomic E-state index is 10.8. The summed E-state index contributed by atoms with van der Waals surface area (Å²) in [6.45, 7) is 1.67. The summed E-state index contributed by atoms with van der Waals surface area (Å²) in [5.41, 5.74) is 0. The molecule has 0 fully saturated rings. The summed E-state index contributed by atoms with van der Waals surface area (Å²) in [4.78, 5) is 10.8. The van der Waals surface area contributed by atoms with E-state index in [-0.39, 0.29) is 17.6 Å². The fraction of sp³-hybridized carbons (Fsp3) is 0.800. The van der Waals surface area contributed by atoms with Crippen LogP contribution in [0.2, 0.25) is 0 Å². The number of rotatable bonds is 3. The highest BCUT2D eigenvalue weighted by molar-refractivity contribution is 8.79. The van der Waals surface area contributed by atoms with Gasteiger partial charge in [-0.2, -0.15) is 0 Å². The van der Waals surface area contributed by atoms with Gasteiger partial charge >= 0.3 is 5.97 Å². The lowest BCUT2D eigenvalue weighted by Crippen LogP contribution is -2.16. The predicted octanol–water partition coefficient (Wildman–Crippen LogP) is 3.06. The molecular formula is C5H9Cl3O2S. The first-order valence-electron chi connectivity index (χ1n) is 2.84. The molecule has 0 aromatic rings. The molecule has 0 radical (unpaired) electrons. The topological polar surface area (TPSA) is 26.3 Å². The Hall–Kier alpha value is 0.690. The van der Waals surface area contributed by atoms with Crippen molar-refractivity contribution in [2.45, 2.75) is 6.92 Å². The Balaban J connectivity index is 3.87. The number of esters is 1. The molecule has 0 aliphatic rings. The Labute approximate surface area is 81.0 Å². The zero-order valence-electron chi connectivity index (χ0n) is 6.14. The molecule has 0 spiro atoms. The van der Waals surface area contributed by atoms with Crippen molar-refractivity contribution in [2.75, 3.05) is 12.9 Å². The predicted molar refractivity (Wildman–Crippen MR) is 51.2 cm³/mol. The lowest BCUT2D eigenvalue weighted by Gasteiger charge is -2.18. The zero-order chi connectivity index (χ0) is 9.07. The molecule has 0 aliphatic heterocycles. The second-order valence-electron chi connectivity index (χ2n) is 2.09. The maximum Gasteiger partial charge on any atom is 0.309 e. The van der Waals surface area contributed by atoms with Crippen molar-refractivity contribution in [3.63, 3.8) is 0 Å². The first kappa shape index (κ1) is 11.7. The van der Waals surface area contributed by atoms with Crippen molar-refractivity contribution in [1.82, 2.24) is 0 Å². The fourth-order valence-corrected chi connectivity index (χ4v) is 2.96. The lowest BCUT2D eigenvalue weighted by molar-refractivity contribution is -0.143. The molecule has 0 saturated heterocycles. The van der Waals surface area contributed by atoms with Crippen LogP contribution < -0.4 is 0 Å². The molecule has 0 rings (SSSR count). The molecule has 0 aromatic heterocycles. The van der Waals surface area contributed by atoms with Crippen LogP contribution >= 0.6 is 39.7 Å². The van der Waals surface area contributed by atoms with Crippen LogP contribution in [-0.4, -0.2) is 18.8 Å². The number of methoxy groups -OCH3 is 1. The second kappa shape index (κ2) is 4.65. The van der Waals surface area contributed by atoms with Gasteiger partial charge in [-0.1, -0.05) is 6.92 Å². The highest BCUT2D eigenvalue weighted by Crippen LogP contribution is 2.63. The highest BCUT2D eigenvalue weighted by Gasteiger charge is 2.23. The Morgan fingerprint density at radius 1 is 1.55 bits per heavy atom. The van der Waals surface area contributed by atoms with E-state index < -0.39 is 7.67 Å². The van der Waals surface area contributed by atoms with Crippen LogP contribution in [0.5, 0.6) is 0 Å². The normalized spacial score (nSPS) is 15.7. The van der Waals surface area contributed by atoms with Gasteiger partial charge in [0.2, 0.25) is 0 Å². The van der Waals surface area contributed by atoms with E-state index in [0.29, 0.717) is 0 Å². The van der Waals surface area contributed by atoms with Crippen molar-refractivity contribution in [2.24, 2.45) is 5.92 Å². The molecule has 0 N–H and O–H groups in total. The van der Waals surface area contributed by atoms with Crippen LogP contribution in [0.4, 0.5) is 0 Å². The van der Waals surface area contributed by atoms with Gasteiger partial charge in [-0.25, -0.2) is 0 Å². The van der Waals surface area contributed by atoms with E-state index in [4.69, 9.17) is 32.0 Å². The van der Waals surface area contributed by atoms with E-state index >= 15 is 0 Å². The first-order valence-corrected chi connectivity index (χ1v) is 7.12. The summed E-state index contributed by atoms with van der Waals surface area (Å²) in [6, 6.07) is 0. The number of carbonyl (C=O) groups is 1. The van der Waals surface area contributed by atoms with Gasteiger partial charge in [0.15, 0.2) is 0 Å². The summed E-state index contributed by atoms with van der Waals surface area (Å²) in [7, 11) is 15.8. The Morgan fingerprint density at radius 3 is 2.27 bits per heavy atom. The largest absolute Gasteiger partial charge is 0.469 e. The van der Waals surface area contributed by atoms with Gasteiger partial charge in [-0.15, -0.1) is 0 Å². The number of hydrogen-bond acceptors (Lipinski definition) is 2. The maximum atomic E-state index is 10.8. The van der Waals surface area contributed by atoms with Crippen LogP contribution in [0.3, 0.4) is 0 Å². The van der Waals surface area contributed by atoms with Gasteiger partial charge < -0.3 is 4.74 Å². The minimum absolute atomic E-state index is 0.254. The second-order valence-corrected chi connectivity index (χ2v) is 9.59. The van der Waals surface area contributed by atoms with E-state index in [9.17, 15) is 4.79 Å². The Bertz CT molecular complexity index is 145. The monoisotopic (exact) mass is 238 g/mol. The van der Waals surface area contributed by atoms with Crippen molar-refractivity contribution < 1.29 is 9.53 Å². The molecule has 68 valence electrons. The summed E-state index contributed by atoms with van der Waals surface area (Å²) in [6.07, 6.45) is 0. The third-order valence-corrected chi connectivity index (χ3v) is 3.05. The number of ether oxygens (including phenoxy) is 1. The van der Waals surface area contributed by atoms with Crippen LogP contribution in [0, 0.1) is 5.92 Å². The van der Waals surface area contributed by atoms with Crippen molar-refractivity contribution in [1.29, 1.82) is 0 Å². The van der Waals surface area contributed by atoms with Gasteiger partial charge in [0.1, 0.15) is 0 Å². The van der Waals surface area contributed by atoms with Crippen molar-refractivity contribution in [3.8, 4) is 0 Å². The van der Waals surface area contributed by atoms with Gasteiger partial charge in [0.25, 0.3) is 0 Å². The zero-order valence-corrected chi connectivity index (χ0v) is 9.23. The third kappa shape index (κ3) is 5.91. The van der Waals surface area contributed by atoms with E-state index in [1.807, 2.05) is 0 Å². The SMILES string of the molecule is COC(=O)C(C)CS(Cl)(Cl)Cl. The summed E-state index contributed by atoms with van der Waals surface area (Å²) < 4.78 is 4.46. The third-order valence-electron chi connectivity index (χ3n) is 1.04.